The monoisotopic (exact) mass is 255 g/mol. The van der Waals surface area contributed by atoms with Gasteiger partial charge in [0.15, 0.2) is 5.82 Å². The molecule has 0 saturated heterocycles. The van der Waals surface area contributed by atoms with Gasteiger partial charge in [-0.05, 0) is 19.4 Å². The minimum absolute atomic E-state index is 0.116. The number of rotatable bonds is 8. The van der Waals surface area contributed by atoms with Crippen LogP contribution in [0.25, 0.3) is 0 Å². The van der Waals surface area contributed by atoms with E-state index in [-0.39, 0.29) is 6.10 Å². The number of ether oxygens (including phenoxy) is 1. The molecule has 1 aromatic rings. The van der Waals surface area contributed by atoms with Crippen molar-refractivity contribution in [2.75, 3.05) is 13.7 Å². The molecular formula is C13H25N3O2. The largest absolute Gasteiger partial charge is 0.381 e. The molecule has 104 valence electrons. The Morgan fingerprint density at radius 2 is 2.00 bits per heavy atom. The average molecular weight is 255 g/mol. The molecule has 2 unspecified atom stereocenters. The predicted octanol–water partition coefficient (Wildman–Crippen LogP) is 1.82. The van der Waals surface area contributed by atoms with E-state index in [1.807, 2.05) is 6.92 Å². The van der Waals surface area contributed by atoms with Gasteiger partial charge in [-0.15, -0.1) is 0 Å². The van der Waals surface area contributed by atoms with Crippen LogP contribution in [0.5, 0.6) is 0 Å². The zero-order chi connectivity index (χ0) is 13.5. The number of likely N-dealkylation sites (N-methyl/N-ethyl adjacent to an activating group) is 1. The summed E-state index contributed by atoms with van der Waals surface area (Å²) in [4.78, 5) is 4.40. The second-order valence-corrected chi connectivity index (χ2v) is 4.97. The lowest BCUT2D eigenvalue weighted by Crippen LogP contribution is -2.35. The Morgan fingerprint density at radius 3 is 2.56 bits per heavy atom. The topological polar surface area (TPSA) is 60.2 Å². The first-order chi connectivity index (χ1) is 8.56. The maximum absolute atomic E-state index is 5.28. The molecular weight excluding hydrogens is 230 g/mol. The Kier molecular flexibility index (Phi) is 6.29. The summed E-state index contributed by atoms with van der Waals surface area (Å²) in [5.74, 6) is 1.96. The molecule has 0 aliphatic carbocycles. The Hall–Kier alpha value is -0.940. The van der Waals surface area contributed by atoms with E-state index in [1.54, 1.807) is 7.11 Å². The van der Waals surface area contributed by atoms with Crippen molar-refractivity contribution >= 4 is 0 Å². The van der Waals surface area contributed by atoms with Crippen molar-refractivity contribution in [1.82, 2.24) is 15.5 Å². The van der Waals surface area contributed by atoms with E-state index in [4.69, 9.17) is 9.26 Å². The Balaban J connectivity index is 2.56. The first kappa shape index (κ1) is 15.1. The van der Waals surface area contributed by atoms with Crippen LogP contribution in [0.15, 0.2) is 4.52 Å². The molecule has 1 heterocycles. The number of aromatic nitrogens is 2. The van der Waals surface area contributed by atoms with Crippen molar-refractivity contribution in [2.24, 2.45) is 5.92 Å². The number of hydrogen-bond acceptors (Lipinski definition) is 5. The zero-order valence-electron chi connectivity index (χ0n) is 12.1. The predicted molar refractivity (Wildman–Crippen MR) is 70.5 cm³/mol. The molecule has 0 spiro atoms. The molecule has 5 nitrogen and oxygen atoms in total. The van der Waals surface area contributed by atoms with Crippen molar-refractivity contribution in [3.05, 3.63) is 11.7 Å². The van der Waals surface area contributed by atoms with Gasteiger partial charge in [-0.3, -0.25) is 0 Å². The van der Waals surface area contributed by atoms with Crippen LogP contribution in [0.4, 0.5) is 0 Å². The highest BCUT2D eigenvalue weighted by Crippen LogP contribution is 2.10. The third-order valence-electron chi connectivity index (χ3n) is 3.05. The SMILES string of the molecule is CCNC(Cc1nc(CC(C)OC)no1)C(C)C. The average Bonchev–Trinajstić information content (AvgIpc) is 2.75. The lowest BCUT2D eigenvalue weighted by Gasteiger charge is -2.19. The highest BCUT2D eigenvalue weighted by atomic mass is 16.5. The van der Waals surface area contributed by atoms with Crippen LogP contribution >= 0.6 is 0 Å². The van der Waals surface area contributed by atoms with Crippen molar-refractivity contribution in [2.45, 2.75) is 52.7 Å². The van der Waals surface area contributed by atoms with Gasteiger partial charge in [0.05, 0.1) is 6.10 Å². The fourth-order valence-electron chi connectivity index (χ4n) is 1.79. The Morgan fingerprint density at radius 1 is 1.28 bits per heavy atom. The maximum atomic E-state index is 5.28. The standard InChI is InChI=1S/C13H25N3O2/c1-6-14-11(9(2)3)8-13-15-12(16-18-13)7-10(4)17-5/h9-11,14H,6-8H2,1-5H3. The van der Waals surface area contributed by atoms with Crippen molar-refractivity contribution in [3.63, 3.8) is 0 Å². The molecule has 2 atom stereocenters. The highest BCUT2D eigenvalue weighted by Gasteiger charge is 2.17. The van der Waals surface area contributed by atoms with Crippen LogP contribution in [-0.2, 0) is 17.6 Å². The van der Waals surface area contributed by atoms with Gasteiger partial charge in [-0.1, -0.05) is 25.9 Å². The smallest absolute Gasteiger partial charge is 0.228 e. The van der Waals surface area contributed by atoms with E-state index < -0.39 is 0 Å². The number of methoxy groups -OCH3 is 1. The van der Waals surface area contributed by atoms with Crippen LogP contribution in [0.3, 0.4) is 0 Å². The maximum Gasteiger partial charge on any atom is 0.228 e. The summed E-state index contributed by atoms with van der Waals surface area (Å²) < 4.78 is 10.5. The lowest BCUT2D eigenvalue weighted by molar-refractivity contribution is 0.116. The Bertz CT molecular complexity index is 339. The van der Waals surface area contributed by atoms with Gasteiger partial charge >= 0.3 is 0 Å². The third kappa shape index (κ3) is 4.74. The molecule has 0 amide bonds. The molecule has 0 aromatic carbocycles. The van der Waals surface area contributed by atoms with Crippen molar-refractivity contribution in [1.29, 1.82) is 0 Å². The third-order valence-corrected chi connectivity index (χ3v) is 3.05. The summed E-state index contributed by atoms with van der Waals surface area (Å²) in [5.41, 5.74) is 0. The van der Waals surface area contributed by atoms with E-state index in [9.17, 15) is 0 Å². The van der Waals surface area contributed by atoms with E-state index >= 15 is 0 Å². The minimum Gasteiger partial charge on any atom is -0.381 e. The zero-order valence-corrected chi connectivity index (χ0v) is 12.1. The Labute approximate surface area is 109 Å². The molecule has 1 rings (SSSR count). The summed E-state index contributed by atoms with van der Waals surface area (Å²) in [7, 11) is 1.69. The van der Waals surface area contributed by atoms with E-state index in [0.717, 1.165) is 18.8 Å². The molecule has 5 heteroatoms. The first-order valence-corrected chi connectivity index (χ1v) is 6.64. The number of nitrogens with one attached hydrogen (secondary N) is 1. The van der Waals surface area contributed by atoms with Crippen LogP contribution in [0, 0.1) is 5.92 Å². The minimum atomic E-state index is 0.116. The first-order valence-electron chi connectivity index (χ1n) is 6.64. The van der Waals surface area contributed by atoms with E-state index in [2.05, 4.69) is 36.2 Å². The van der Waals surface area contributed by atoms with Crippen LogP contribution in [0.1, 0.15) is 39.4 Å². The molecule has 0 aliphatic heterocycles. The van der Waals surface area contributed by atoms with Crippen LogP contribution in [-0.4, -0.2) is 35.9 Å². The molecule has 0 saturated carbocycles. The van der Waals surface area contributed by atoms with Gasteiger partial charge < -0.3 is 14.6 Å². The number of nitrogens with zero attached hydrogens (tertiary/aromatic N) is 2. The van der Waals surface area contributed by atoms with Gasteiger partial charge in [0.25, 0.3) is 0 Å². The molecule has 1 N–H and O–H groups in total. The van der Waals surface area contributed by atoms with Crippen molar-refractivity contribution < 1.29 is 9.26 Å². The normalized spacial score (nSPS) is 15.0. The van der Waals surface area contributed by atoms with Gasteiger partial charge in [0.2, 0.25) is 5.89 Å². The van der Waals surface area contributed by atoms with Crippen molar-refractivity contribution in [3.8, 4) is 0 Å². The summed E-state index contributed by atoms with van der Waals surface area (Å²) in [5, 5.41) is 7.42. The quantitative estimate of drug-likeness (QED) is 0.768. The highest BCUT2D eigenvalue weighted by molar-refractivity contribution is 4.91. The van der Waals surface area contributed by atoms with Gasteiger partial charge in [0, 0.05) is 26.0 Å². The summed E-state index contributed by atoms with van der Waals surface area (Å²) in [6.45, 7) is 9.43. The lowest BCUT2D eigenvalue weighted by atomic mass is 10.0. The van der Waals surface area contributed by atoms with Gasteiger partial charge in [-0.2, -0.15) is 4.98 Å². The molecule has 0 aliphatic rings. The molecule has 0 bridgehead atoms. The second-order valence-electron chi connectivity index (χ2n) is 4.97. The van der Waals surface area contributed by atoms with Crippen LogP contribution < -0.4 is 5.32 Å². The van der Waals surface area contributed by atoms with E-state index in [0.29, 0.717) is 24.3 Å². The summed E-state index contributed by atoms with van der Waals surface area (Å²) in [6, 6.07) is 0.378. The van der Waals surface area contributed by atoms with E-state index in [1.165, 1.54) is 0 Å². The van der Waals surface area contributed by atoms with Gasteiger partial charge in [-0.25, -0.2) is 0 Å². The summed E-state index contributed by atoms with van der Waals surface area (Å²) in [6.07, 6.45) is 1.58. The molecule has 18 heavy (non-hydrogen) atoms. The second kappa shape index (κ2) is 7.48. The summed E-state index contributed by atoms with van der Waals surface area (Å²) >= 11 is 0. The number of hydrogen-bond donors (Lipinski definition) is 1. The molecule has 1 aromatic heterocycles. The molecule has 0 fully saturated rings. The fourth-order valence-corrected chi connectivity index (χ4v) is 1.79. The van der Waals surface area contributed by atoms with Crippen LogP contribution in [0.2, 0.25) is 0 Å². The molecule has 0 radical (unpaired) electrons. The van der Waals surface area contributed by atoms with Gasteiger partial charge in [0.1, 0.15) is 0 Å². The fraction of sp³-hybridized carbons (Fsp3) is 0.846.